The van der Waals surface area contributed by atoms with E-state index >= 15 is 0 Å². The maximum atomic E-state index is 11.2. The van der Waals surface area contributed by atoms with Crippen LogP contribution < -0.4 is 0 Å². The molecule has 1 rings (SSSR count). The van der Waals surface area contributed by atoms with E-state index in [1.54, 1.807) is 0 Å². The van der Waals surface area contributed by atoms with Crippen LogP contribution in [0.4, 0.5) is 0 Å². The van der Waals surface area contributed by atoms with Crippen molar-refractivity contribution in [2.45, 2.75) is 46.1 Å². The summed E-state index contributed by atoms with van der Waals surface area (Å²) in [5, 5.41) is 9.21. The Balaban J connectivity index is 2.73. The van der Waals surface area contributed by atoms with Gasteiger partial charge in [-0.15, -0.1) is 0 Å². The van der Waals surface area contributed by atoms with Gasteiger partial charge in [-0.1, -0.05) is 20.8 Å². The van der Waals surface area contributed by atoms with Crippen LogP contribution in [-0.2, 0) is 4.79 Å². The van der Waals surface area contributed by atoms with E-state index in [2.05, 4.69) is 25.7 Å². The minimum Gasteiger partial charge on any atom is -0.481 e. The monoisotopic (exact) mass is 213 g/mol. The van der Waals surface area contributed by atoms with Crippen molar-refractivity contribution in [3.05, 3.63) is 0 Å². The highest BCUT2D eigenvalue weighted by Crippen LogP contribution is 2.32. The molecule has 1 aliphatic rings. The van der Waals surface area contributed by atoms with Crippen LogP contribution in [0.25, 0.3) is 0 Å². The molecule has 1 N–H and O–H groups in total. The lowest BCUT2D eigenvalue weighted by Crippen LogP contribution is -2.46. The van der Waals surface area contributed by atoms with Crippen LogP contribution in [-0.4, -0.2) is 35.1 Å². The van der Waals surface area contributed by atoms with Gasteiger partial charge in [0.2, 0.25) is 0 Å². The minimum absolute atomic E-state index is 0.152. The lowest BCUT2D eigenvalue weighted by molar-refractivity contribution is -0.146. The van der Waals surface area contributed by atoms with E-state index in [0.717, 1.165) is 32.4 Å². The molecule has 1 fully saturated rings. The molecule has 1 aliphatic carbocycles. The smallest absolute Gasteiger partial charge is 0.308 e. The van der Waals surface area contributed by atoms with E-state index in [1.165, 1.54) is 0 Å². The van der Waals surface area contributed by atoms with Crippen LogP contribution in [0.1, 0.15) is 40.0 Å². The normalized spacial score (nSPS) is 31.9. The zero-order chi connectivity index (χ0) is 11.4. The molecule has 0 saturated heterocycles. The molecule has 0 aliphatic heterocycles. The van der Waals surface area contributed by atoms with Gasteiger partial charge in [0, 0.05) is 6.04 Å². The van der Waals surface area contributed by atoms with Gasteiger partial charge in [-0.25, -0.2) is 0 Å². The molecule has 0 aromatic rings. The Morgan fingerprint density at radius 3 is 2.40 bits per heavy atom. The third-order valence-electron chi connectivity index (χ3n) is 3.68. The fraction of sp³-hybridized carbons (Fsp3) is 0.917. The molecule has 0 spiro atoms. The molecular formula is C12H23NO2. The maximum Gasteiger partial charge on any atom is 0.308 e. The first-order valence-electron chi connectivity index (χ1n) is 6.06. The van der Waals surface area contributed by atoms with Crippen LogP contribution in [0.5, 0.6) is 0 Å². The number of aliphatic carboxylic acids is 1. The highest BCUT2D eigenvalue weighted by atomic mass is 16.4. The summed E-state index contributed by atoms with van der Waals surface area (Å²) in [6.45, 7) is 8.37. The summed E-state index contributed by atoms with van der Waals surface area (Å²) in [6.07, 6.45) is 2.95. The molecule has 1 saturated carbocycles. The molecule has 0 aromatic heterocycles. The first-order chi connectivity index (χ1) is 7.10. The van der Waals surface area contributed by atoms with Crippen LogP contribution in [0.15, 0.2) is 0 Å². The Labute approximate surface area is 92.5 Å². The van der Waals surface area contributed by atoms with E-state index in [9.17, 15) is 9.90 Å². The molecule has 3 atom stereocenters. The molecule has 3 heteroatoms. The molecule has 0 amide bonds. The fourth-order valence-electron chi connectivity index (χ4n) is 2.74. The van der Waals surface area contributed by atoms with Crippen molar-refractivity contribution in [3.8, 4) is 0 Å². The predicted octanol–water partition coefficient (Wildman–Crippen LogP) is 2.22. The number of hydrogen-bond acceptors (Lipinski definition) is 2. The Morgan fingerprint density at radius 1 is 1.33 bits per heavy atom. The average molecular weight is 213 g/mol. The fourth-order valence-corrected chi connectivity index (χ4v) is 2.74. The van der Waals surface area contributed by atoms with Crippen molar-refractivity contribution in [1.82, 2.24) is 4.90 Å². The minimum atomic E-state index is -0.612. The quantitative estimate of drug-likeness (QED) is 0.778. The predicted molar refractivity (Wildman–Crippen MR) is 60.8 cm³/mol. The first kappa shape index (κ1) is 12.5. The molecule has 0 radical (unpaired) electrons. The van der Waals surface area contributed by atoms with Crippen molar-refractivity contribution in [2.24, 2.45) is 11.8 Å². The van der Waals surface area contributed by atoms with Crippen molar-refractivity contribution >= 4 is 5.97 Å². The number of rotatable bonds is 4. The van der Waals surface area contributed by atoms with Crippen LogP contribution in [0, 0.1) is 11.8 Å². The van der Waals surface area contributed by atoms with E-state index in [0.29, 0.717) is 5.92 Å². The highest BCUT2D eigenvalue weighted by Gasteiger charge is 2.36. The topological polar surface area (TPSA) is 40.5 Å². The molecule has 0 bridgehead atoms. The van der Waals surface area contributed by atoms with Crippen molar-refractivity contribution in [1.29, 1.82) is 0 Å². The number of nitrogens with zero attached hydrogens (tertiary/aromatic N) is 1. The number of carboxylic acid groups (broad SMARTS) is 1. The Morgan fingerprint density at radius 2 is 1.93 bits per heavy atom. The first-order valence-corrected chi connectivity index (χ1v) is 6.06. The zero-order valence-corrected chi connectivity index (χ0v) is 10.1. The van der Waals surface area contributed by atoms with E-state index in [-0.39, 0.29) is 12.0 Å². The van der Waals surface area contributed by atoms with Gasteiger partial charge in [-0.05, 0) is 38.3 Å². The third-order valence-corrected chi connectivity index (χ3v) is 3.68. The van der Waals surface area contributed by atoms with Gasteiger partial charge in [0.1, 0.15) is 0 Å². The second-order valence-corrected chi connectivity index (χ2v) is 4.65. The van der Waals surface area contributed by atoms with Gasteiger partial charge >= 0.3 is 5.97 Å². The molecular weight excluding hydrogens is 190 g/mol. The van der Waals surface area contributed by atoms with E-state index < -0.39 is 5.97 Å². The van der Waals surface area contributed by atoms with Crippen molar-refractivity contribution < 1.29 is 9.90 Å². The van der Waals surface area contributed by atoms with Gasteiger partial charge in [0.15, 0.2) is 0 Å². The molecule has 0 aromatic carbocycles. The average Bonchev–Trinajstić information content (AvgIpc) is 2.19. The summed E-state index contributed by atoms with van der Waals surface area (Å²) < 4.78 is 0. The molecule has 88 valence electrons. The standard InChI is InChI=1S/C12H23NO2/c1-4-13(5-2)11-8-9(3)6-7-10(11)12(14)15/h9-11H,4-8H2,1-3H3,(H,14,15). The van der Waals surface area contributed by atoms with Crippen LogP contribution in [0.2, 0.25) is 0 Å². The van der Waals surface area contributed by atoms with Crippen molar-refractivity contribution in [3.63, 3.8) is 0 Å². The second-order valence-electron chi connectivity index (χ2n) is 4.65. The van der Waals surface area contributed by atoms with Gasteiger partial charge in [0.25, 0.3) is 0 Å². The van der Waals surface area contributed by atoms with Crippen LogP contribution in [0.3, 0.4) is 0 Å². The molecule has 3 nitrogen and oxygen atoms in total. The highest BCUT2D eigenvalue weighted by molar-refractivity contribution is 5.71. The SMILES string of the molecule is CCN(CC)C1CC(C)CCC1C(=O)O. The van der Waals surface area contributed by atoms with Crippen LogP contribution >= 0.6 is 0 Å². The number of carboxylic acids is 1. The Kier molecular flexibility index (Phi) is 4.58. The summed E-state index contributed by atoms with van der Waals surface area (Å²) in [5.41, 5.74) is 0. The largest absolute Gasteiger partial charge is 0.481 e. The zero-order valence-electron chi connectivity index (χ0n) is 10.1. The maximum absolute atomic E-state index is 11.2. The van der Waals surface area contributed by atoms with E-state index in [1.807, 2.05) is 0 Å². The van der Waals surface area contributed by atoms with Gasteiger partial charge in [0.05, 0.1) is 5.92 Å². The summed E-state index contributed by atoms with van der Waals surface area (Å²) in [5.74, 6) is -0.0916. The lowest BCUT2D eigenvalue weighted by atomic mass is 9.78. The second kappa shape index (κ2) is 5.50. The molecule has 3 unspecified atom stereocenters. The lowest BCUT2D eigenvalue weighted by Gasteiger charge is -2.39. The Bertz CT molecular complexity index is 214. The van der Waals surface area contributed by atoms with Crippen molar-refractivity contribution in [2.75, 3.05) is 13.1 Å². The van der Waals surface area contributed by atoms with Gasteiger partial charge in [-0.2, -0.15) is 0 Å². The summed E-state index contributed by atoms with van der Waals surface area (Å²) in [6, 6.07) is 0.251. The number of hydrogen-bond donors (Lipinski definition) is 1. The molecule has 15 heavy (non-hydrogen) atoms. The number of carbonyl (C=O) groups is 1. The summed E-state index contributed by atoms with van der Waals surface area (Å²) >= 11 is 0. The third kappa shape index (κ3) is 2.94. The molecule has 0 heterocycles. The van der Waals surface area contributed by atoms with Gasteiger partial charge < -0.3 is 10.0 Å². The van der Waals surface area contributed by atoms with Gasteiger partial charge in [-0.3, -0.25) is 4.79 Å². The summed E-state index contributed by atoms with van der Waals surface area (Å²) in [7, 11) is 0. The van der Waals surface area contributed by atoms with E-state index in [4.69, 9.17) is 0 Å². The Hall–Kier alpha value is -0.570. The summed E-state index contributed by atoms with van der Waals surface area (Å²) in [4.78, 5) is 13.5.